The zero-order valence-corrected chi connectivity index (χ0v) is 8.03. The third kappa shape index (κ3) is 2.73. The van der Waals surface area contributed by atoms with Crippen molar-refractivity contribution in [2.75, 3.05) is 0 Å². The van der Waals surface area contributed by atoms with Crippen LogP contribution in [-0.4, -0.2) is 61.8 Å². The van der Waals surface area contributed by atoms with Crippen molar-refractivity contribution in [3.63, 3.8) is 0 Å². The quantitative estimate of drug-likeness (QED) is 0.316. The van der Waals surface area contributed by atoms with Crippen LogP contribution in [-0.2, 0) is 4.79 Å². The second-order valence-corrected chi connectivity index (χ2v) is 3.48. The molecule has 0 aliphatic rings. The largest absolute Gasteiger partial charge is 0.391 e. The number of aliphatic hydroxyl groups is 5. The maximum Gasteiger partial charge on any atom is 0.151 e. The summed E-state index contributed by atoms with van der Waals surface area (Å²) in [5.74, 6) is 0. The molecular weight excluding hydrogens is 192 g/mol. The number of carbonyl (C=O) groups is 1. The lowest BCUT2D eigenvalue weighted by atomic mass is 9.88. The maximum atomic E-state index is 10.2. The average molecular weight is 208 g/mol. The normalized spacial score (nSPS) is 24.5. The molecule has 5 atom stereocenters. The summed E-state index contributed by atoms with van der Waals surface area (Å²) >= 11 is 0. The van der Waals surface area contributed by atoms with Gasteiger partial charge in [0.2, 0.25) is 0 Å². The van der Waals surface area contributed by atoms with Crippen LogP contribution in [0.2, 0.25) is 0 Å². The zero-order valence-electron chi connectivity index (χ0n) is 8.03. The Bertz CT molecular complexity index is 190. The predicted octanol–water partition coefficient (Wildman–Crippen LogP) is -2.60. The van der Waals surface area contributed by atoms with E-state index in [0.717, 1.165) is 6.92 Å². The number of carbonyl (C=O) groups excluding carboxylic acids is 1. The van der Waals surface area contributed by atoms with Gasteiger partial charge in [-0.3, -0.25) is 0 Å². The Morgan fingerprint density at radius 1 is 1.21 bits per heavy atom. The SMILES string of the molecule is CC(O)[C@@H](O)[C@@H](O)[C@](C)(O)[C@@H](O)C=O. The molecule has 0 aliphatic heterocycles. The van der Waals surface area contributed by atoms with Crippen molar-refractivity contribution in [1.82, 2.24) is 0 Å². The average Bonchev–Trinajstić information content (AvgIpc) is 2.13. The van der Waals surface area contributed by atoms with Gasteiger partial charge in [-0.1, -0.05) is 0 Å². The number of aldehydes is 1. The molecule has 0 fully saturated rings. The molecule has 6 heteroatoms. The molecule has 0 aromatic rings. The van der Waals surface area contributed by atoms with Gasteiger partial charge in [0.15, 0.2) is 6.29 Å². The molecule has 0 amide bonds. The van der Waals surface area contributed by atoms with E-state index in [-0.39, 0.29) is 6.29 Å². The molecule has 14 heavy (non-hydrogen) atoms. The summed E-state index contributed by atoms with van der Waals surface area (Å²) in [6.07, 6.45) is -6.53. The topological polar surface area (TPSA) is 118 Å². The van der Waals surface area contributed by atoms with Gasteiger partial charge in [-0.05, 0) is 13.8 Å². The van der Waals surface area contributed by atoms with Crippen LogP contribution in [0.5, 0.6) is 0 Å². The zero-order chi connectivity index (χ0) is 11.5. The third-order valence-electron chi connectivity index (χ3n) is 2.14. The second kappa shape index (κ2) is 4.81. The standard InChI is InChI=1S/C8H16O6/c1-4(10)6(12)7(13)8(2,14)5(11)3-9/h3-7,10-14H,1-2H3/t4?,5-,6+,7+,8+/m0/s1. The minimum absolute atomic E-state index is 0.0397. The lowest BCUT2D eigenvalue weighted by Gasteiger charge is -2.34. The second-order valence-electron chi connectivity index (χ2n) is 3.48. The Morgan fingerprint density at radius 3 is 1.93 bits per heavy atom. The molecule has 0 bridgehead atoms. The van der Waals surface area contributed by atoms with E-state index in [1.165, 1.54) is 6.92 Å². The summed E-state index contributed by atoms with van der Waals surface area (Å²) in [4.78, 5) is 10.2. The minimum atomic E-state index is -2.20. The molecule has 0 aromatic heterocycles. The Morgan fingerprint density at radius 2 is 1.64 bits per heavy atom. The van der Waals surface area contributed by atoms with Crippen LogP contribution in [0.25, 0.3) is 0 Å². The summed E-state index contributed by atoms with van der Waals surface area (Å²) in [6.45, 7) is 2.19. The molecule has 0 heterocycles. The van der Waals surface area contributed by atoms with Gasteiger partial charge in [-0.25, -0.2) is 0 Å². The van der Waals surface area contributed by atoms with E-state index < -0.39 is 30.0 Å². The van der Waals surface area contributed by atoms with E-state index in [1.54, 1.807) is 0 Å². The van der Waals surface area contributed by atoms with Crippen molar-refractivity contribution in [3.8, 4) is 0 Å². The number of hydrogen-bond donors (Lipinski definition) is 5. The fourth-order valence-corrected chi connectivity index (χ4v) is 0.922. The van der Waals surface area contributed by atoms with Gasteiger partial charge in [0, 0.05) is 0 Å². The third-order valence-corrected chi connectivity index (χ3v) is 2.14. The summed E-state index contributed by atoms with van der Waals surface area (Å²) in [7, 11) is 0. The molecule has 84 valence electrons. The Hall–Kier alpha value is -0.530. The molecule has 1 unspecified atom stereocenters. The van der Waals surface area contributed by atoms with Crippen LogP contribution in [0.4, 0.5) is 0 Å². The van der Waals surface area contributed by atoms with E-state index in [4.69, 9.17) is 10.2 Å². The van der Waals surface area contributed by atoms with Crippen molar-refractivity contribution in [1.29, 1.82) is 0 Å². The molecule has 0 aliphatic carbocycles. The fraction of sp³-hybridized carbons (Fsp3) is 0.875. The van der Waals surface area contributed by atoms with Crippen LogP contribution in [0.15, 0.2) is 0 Å². The maximum absolute atomic E-state index is 10.2. The van der Waals surface area contributed by atoms with Crippen molar-refractivity contribution in [2.45, 2.75) is 43.9 Å². The highest BCUT2D eigenvalue weighted by molar-refractivity contribution is 5.58. The monoisotopic (exact) mass is 208 g/mol. The minimum Gasteiger partial charge on any atom is -0.391 e. The highest BCUT2D eigenvalue weighted by atomic mass is 16.4. The first kappa shape index (κ1) is 13.5. The first-order valence-corrected chi connectivity index (χ1v) is 4.15. The summed E-state index contributed by atoms with van der Waals surface area (Å²) < 4.78 is 0. The highest BCUT2D eigenvalue weighted by Crippen LogP contribution is 2.18. The van der Waals surface area contributed by atoms with Gasteiger partial charge in [-0.2, -0.15) is 0 Å². The van der Waals surface area contributed by atoms with Crippen molar-refractivity contribution >= 4 is 6.29 Å². The highest BCUT2D eigenvalue weighted by Gasteiger charge is 2.43. The number of hydrogen-bond acceptors (Lipinski definition) is 6. The number of rotatable bonds is 5. The molecule has 0 aromatic carbocycles. The molecule has 0 saturated carbocycles. The fourth-order valence-electron chi connectivity index (χ4n) is 0.922. The van der Waals surface area contributed by atoms with Gasteiger partial charge in [-0.15, -0.1) is 0 Å². The summed E-state index contributed by atoms with van der Waals surface area (Å²) in [5.41, 5.74) is -2.20. The van der Waals surface area contributed by atoms with Gasteiger partial charge >= 0.3 is 0 Å². The first-order chi connectivity index (χ1) is 6.25. The molecule has 5 N–H and O–H groups in total. The molecule has 0 radical (unpaired) electrons. The Labute approximate surface area is 81.4 Å². The smallest absolute Gasteiger partial charge is 0.151 e. The molecule has 0 spiro atoms. The predicted molar refractivity (Wildman–Crippen MR) is 46.4 cm³/mol. The van der Waals surface area contributed by atoms with Gasteiger partial charge < -0.3 is 30.3 Å². The lowest BCUT2D eigenvalue weighted by molar-refractivity contribution is -0.181. The van der Waals surface area contributed by atoms with Gasteiger partial charge in [0.1, 0.15) is 23.9 Å². The van der Waals surface area contributed by atoms with E-state index in [2.05, 4.69) is 0 Å². The van der Waals surface area contributed by atoms with Gasteiger partial charge in [0.05, 0.1) is 6.10 Å². The summed E-state index contributed by atoms with van der Waals surface area (Å²) in [5, 5.41) is 45.9. The molecule has 0 saturated heterocycles. The van der Waals surface area contributed by atoms with Crippen molar-refractivity contribution in [2.24, 2.45) is 0 Å². The van der Waals surface area contributed by atoms with Crippen LogP contribution in [0.3, 0.4) is 0 Å². The van der Waals surface area contributed by atoms with E-state index in [1.807, 2.05) is 0 Å². The van der Waals surface area contributed by atoms with Crippen LogP contribution >= 0.6 is 0 Å². The molecular formula is C8H16O6. The van der Waals surface area contributed by atoms with Crippen LogP contribution < -0.4 is 0 Å². The van der Waals surface area contributed by atoms with E-state index in [0.29, 0.717) is 0 Å². The molecule has 6 nitrogen and oxygen atoms in total. The van der Waals surface area contributed by atoms with E-state index >= 15 is 0 Å². The van der Waals surface area contributed by atoms with E-state index in [9.17, 15) is 20.1 Å². The first-order valence-electron chi connectivity index (χ1n) is 4.15. The van der Waals surface area contributed by atoms with Crippen molar-refractivity contribution < 1.29 is 30.3 Å². The van der Waals surface area contributed by atoms with Gasteiger partial charge in [0.25, 0.3) is 0 Å². The van der Waals surface area contributed by atoms with Crippen LogP contribution in [0, 0.1) is 0 Å². The van der Waals surface area contributed by atoms with Crippen LogP contribution in [0.1, 0.15) is 13.8 Å². The molecule has 0 rings (SSSR count). The Balaban J connectivity index is 4.64. The Kier molecular flexibility index (Phi) is 4.63. The summed E-state index contributed by atoms with van der Waals surface area (Å²) in [6, 6.07) is 0. The van der Waals surface area contributed by atoms with Crippen molar-refractivity contribution in [3.05, 3.63) is 0 Å². The number of aliphatic hydroxyl groups excluding tert-OH is 4. The lowest BCUT2D eigenvalue weighted by Crippen LogP contribution is -2.57.